The van der Waals surface area contributed by atoms with Crippen LogP contribution in [0, 0.1) is 0 Å². The van der Waals surface area contributed by atoms with Gasteiger partial charge in [-0.15, -0.1) is 0 Å². The molecular weight excluding hydrogens is 272 g/mol. The first-order chi connectivity index (χ1) is 5.24. The van der Waals surface area contributed by atoms with E-state index in [0.29, 0.717) is 6.42 Å². The Bertz CT molecular complexity index is 248. The van der Waals surface area contributed by atoms with Gasteiger partial charge in [0.05, 0.1) is 6.61 Å². The molecule has 0 aromatic heterocycles. The first kappa shape index (κ1) is 9.23. The first-order valence-corrected chi connectivity index (χ1v) is 4.84. The Morgan fingerprint density at radius 3 is 2.55 bits per heavy atom. The van der Waals surface area contributed by atoms with Gasteiger partial charge in [-0.1, -0.05) is 37.9 Å². The first-order valence-electron chi connectivity index (χ1n) is 3.26. The lowest BCUT2D eigenvalue weighted by atomic mass is 10.2. The highest BCUT2D eigenvalue weighted by molar-refractivity contribution is 9.11. The molecule has 0 fully saturated rings. The molecule has 0 unspecified atom stereocenters. The minimum atomic E-state index is -0.0553. The second kappa shape index (κ2) is 4.24. The summed E-state index contributed by atoms with van der Waals surface area (Å²) in [7, 11) is 0. The molecule has 0 bridgehead atoms. The quantitative estimate of drug-likeness (QED) is 0.792. The monoisotopic (exact) mass is 277 g/mol. The maximum Gasteiger partial charge on any atom is 0.0863 e. The van der Waals surface area contributed by atoms with E-state index in [4.69, 9.17) is 0 Å². The third-order valence-electron chi connectivity index (χ3n) is 1.39. The fraction of sp³-hybridized carbons (Fsp3) is 0.250. The summed E-state index contributed by atoms with van der Waals surface area (Å²) in [6.07, 6.45) is 0.591. The minimum absolute atomic E-state index is 0.0553. The Kier molecular flexibility index (Phi) is 3.55. The maximum atomic E-state index is 10.3. The Morgan fingerprint density at radius 1 is 1.27 bits per heavy atom. The van der Waals surface area contributed by atoms with Gasteiger partial charge >= 0.3 is 0 Å². The number of halogens is 2. The summed E-state index contributed by atoms with van der Waals surface area (Å²) < 4.78 is 2.03. The standard InChI is InChI=1S/C8H7Br2O/c9-7-2-1-6(3-4-11)8(10)5-7/h1-2,5H,3-4H2. The Balaban J connectivity index is 2.90. The van der Waals surface area contributed by atoms with Crippen LogP contribution in [0.25, 0.3) is 0 Å². The van der Waals surface area contributed by atoms with Gasteiger partial charge < -0.3 is 0 Å². The summed E-state index contributed by atoms with van der Waals surface area (Å²) >= 11 is 6.72. The van der Waals surface area contributed by atoms with Gasteiger partial charge in [-0.05, 0) is 17.7 Å². The predicted molar refractivity (Wildman–Crippen MR) is 51.1 cm³/mol. The van der Waals surface area contributed by atoms with Gasteiger partial charge in [0.25, 0.3) is 0 Å². The van der Waals surface area contributed by atoms with E-state index in [2.05, 4.69) is 31.9 Å². The Labute approximate surface area is 82.7 Å². The second-order valence-electron chi connectivity index (χ2n) is 2.19. The topological polar surface area (TPSA) is 19.9 Å². The average molecular weight is 279 g/mol. The molecule has 1 aromatic carbocycles. The summed E-state index contributed by atoms with van der Waals surface area (Å²) in [4.78, 5) is 0. The van der Waals surface area contributed by atoms with Crippen LogP contribution in [-0.2, 0) is 11.5 Å². The normalized spacial score (nSPS) is 10.1. The van der Waals surface area contributed by atoms with Crippen molar-refractivity contribution in [2.45, 2.75) is 6.42 Å². The van der Waals surface area contributed by atoms with Gasteiger partial charge in [0.2, 0.25) is 0 Å². The number of benzene rings is 1. The molecule has 0 spiro atoms. The van der Waals surface area contributed by atoms with Gasteiger partial charge in [-0.25, -0.2) is 5.11 Å². The molecule has 0 aliphatic heterocycles. The molecule has 3 heteroatoms. The number of hydrogen-bond acceptors (Lipinski definition) is 0. The van der Waals surface area contributed by atoms with Crippen molar-refractivity contribution in [2.24, 2.45) is 0 Å². The Hall–Kier alpha value is 0.140. The van der Waals surface area contributed by atoms with Crippen LogP contribution in [0.2, 0.25) is 0 Å². The molecule has 1 aromatic rings. The molecule has 0 aliphatic carbocycles. The lowest BCUT2D eigenvalue weighted by Crippen LogP contribution is -1.89. The van der Waals surface area contributed by atoms with E-state index >= 15 is 0 Å². The van der Waals surface area contributed by atoms with Gasteiger partial charge in [0, 0.05) is 15.4 Å². The molecule has 0 N–H and O–H groups in total. The third-order valence-corrected chi connectivity index (χ3v) is 2.62. The van der Waals surface area contributed by atoms with E-state index in [1.165, 1.54) is 0 Å². The third kappa shape index (κ3) is 2.58. The maximum absolute atomic E-state index is 10.3. The Morgan fingerprint density at radius 2 is 2.00 bits per heavy atom. The van der Waals surface area contributed by atoms with Crippen molar-refractivity contribution in [3.8, 4) is 0 Å². The van der Waals surface area contributed by atoms with Crippen molar-refractivity contribution in [2.75, 3.05) is 6.61 Å². The smallest absolute Gasteiger partial charge is 0.0863 e. The van der Waals surface area contributed by atoms with Gasteiger partial charge in [-0.3, -0.25) is 0 Å². The summed E-state index contributed by atoms with van der Waals surface area (Å²) in [6.45, 7) is -0.0553. The highest BCUT2D eigenvalue weighted by atomic mass is 79.9. The van der Waals surface area contributed by atoms with E-state index < -0.39 is 0 Å². The largest absolute Gasteiger partial charge is 0.236 e. The van der Waals surface area contributed by atoms with Crippen molar-refractivity contribution in [1.29, 1.82) is 0 Å². The highest BCUT2D eigenvalue weighted by Gasteiger charge is 1.98. The van der Waals surface area contributed by atoms with Crippen LogP contribution in [0.4, 0.5) is 0 Å². The molecule has 1 nitrogen and oxygen atoms in total. The van der Waals surface area contributed by atoms with Crippen molar-refractivity contribution in [3.05, 3.63) is 32.7 Å². The van der Waals surface area contributed by atoms with E-state index in [1.54, 1.807) is 0 Å². The van der Waals surface area contributed by atoms with Crippen LogP contribution >= 0.6 is 31.9 Å². The van der Waals surface area contributed by atoms with E-state index in [0.717, 1.165) is 14.5 Å². The van der Waals surface area contributed by atoms with Gasteiger partial charge in [-0.2, -0.15) is 0 Å². The van der Waals surface area contributed by atoms with E-state index in [-0.39, 0.29) is 6.61 Å². The fourth-order valence-electron chi connectivity index (χ4n) is 0.834. The summed E-state index contributed by atoms with van der Waals surface area (Å²) in [5, 5.41) is 10.3. The summed E-state index contributed by atoms with van der Waals surface area (Å²) in [5.41, 5.74) is 1.07. The highest BCUT2D eigenvalue weighted by Crippen LogP contribution is 2.21. The molecule has 1 radical (unpaired) electrons. The molecule has 0 aliphatic rings. The van der Waals surface area contributed by atoms with Crippen LogP contribution in [-0.4, -0.2) is 6.61 Å². The van der Waals surface area contributed by atoms with Crippen molar-refractivity contribution >= 4 is 31.9 Å². The second-order valence-corrected chi connectivity index (χ2v) is 3.96. The average Bonchev–Trinajstić information content (AvgIpc) is 1.95. The molecule has 0 heterocycles. The number of hydrogen-bond donors (Lipinski definition) is 0. The molecule has 11 heavy (non-hydrogen) atoms. The zero-order chi connectivity index (χ0) is 8.27. The van der Waals surface area contributed by atoms with Crippen LogP contribution in [0.3, 0.4) is 0 Å². The summed E-state index contributed by atoms with van der Waals surface area (Å²) in [6, 6.07) is 5.84. The molecule has 0 atom stereocenters. The lowest BCUT2D eigenvalue weighted by molar-refractivity contribution is 0.197. The minimum Gasteiger partial charge on any atom is -0.236 e. The zero-order valence-electron chi connectivity index (χ0n) is 5.81. The summed E-state index contributed by atoms with van der Waals surface area (Å²) in [5.74, 6) is 0. The van der Waals surface area contributed by atoms with Gasteiger partial charge in [0.15, 0.2) is 0 Å². The van der Waals surface area contributed by atoms with E-state index in [1.807, 2.05) is 18.2 Å². The van der Waals surface area contributed by atoms with Gasteiger partial charge in [0.1, 0.15) is 0 Å². The number of rotatable bonds is 2. The molecule has 0 amide bonds. The van der Waals surface area contributed by atoms with Crippen molar-refractivity contribution < 1.29 is 5.11 Å². The van der Waals surface area contributed by atoms with Crippen molar-refractivity contribution in [1.82, 2.24) is 0 Å². The molecule has 0 saturated heterocycles. The molecule has 1 rings (SSSR count). The molecular formula is C8H7Br2O. The zero-order valence-corrected chi connectivity index (χ0v) is 8.98. The lowest BCUT2D eigenvalue weighted by Gasteiger charge is -2.00. The molecule has 0 saturated carbocycles. The SMILES string of the molecule is [O]CCc1ccc(Br)cc1Br. The van der Waals surface area contributed by atoms with Crippen LogP contribution in [0.1, 0.15) is 5.56 Å². The predicted octanol–water partition coefficient (Wildman–Crippen LogP) is 3.18. The van der Waals surface area contributed by atoms with Crippen LogP contribution < -0.4 is 0 Å². The van der Waals surface area contributed by atoms with Crippen LogP contribution in [0.15, 0.2) is 27.1 Å². The van der Waals surface area contributed by atoms with Crippen LogP contribution in [0.5, 0.6) is 0 Å². The van der Waals surface area contributed by atoms with Crippen molar-refractivity contribution in [3.63, 3.8) is 0 Å². The molecule has 59 valence electrons. The van der Waals surface area contributed by atoms with E-state index in [9.17, 15) is 5.11 Å². The fourth-order valence-corrected chi connectivity index (χ4v) is 2.08.